The number of hydrogen-bond acceptors (Lipinski definition) is 7. The number of ether oxygens (including phenoxy) is 2. The van der Waals surface area contributed by atoms with Crippen LogP contribution < -0.4 is 0 Å². The van der Waals surface area contributed by atoms with E-state index < -0.39 is 17.7 Å². The Morgan fingerprint density at radius 1 is 1.16 bits per heavy atom. The van der Waals surface area contributed by atoms with E-state index in [1.807, 2.05) is 4.90 Å². The van der Waals surface area contributed by atoms with Crippen LogP contribution in [0.15, 0.2) is 4.52 Å². The summed E-state index contributed by atoms with van der Waals surface area (Å²) in [6, 6.07) is 0.417. The fourth-order valence-electron chi connectivity index (χ4n) is 3.52. The van der Waals surface area contributed by atoms with Crippen molar-refractivity contribution in [3.05, 3.63) is 17.0 Å². The molecule has 9 nitrogen and oxygen atoms in total. The Bertz CT molecular complexity index is 763. The van der Waals surface area contributed by atoms with Crippen molar-refractivity contribution in [2.24, 2.45) is 0 Å². The third kappa shape index (κ3) is 6.40. The summed E-state index contributed by atoms with van der Waals surface area (Å²) in [5, 5.41) is 11.0. The molecule has 1 aromatic rings. The van der Waals surface area contributed by atoms with Crippen LogP contribution in [-0.4, -0.2) is 95.8 Å². The second kappa shape index (κ2) is 9.96. The SMILES string of the molecule is Cc1noc(C)c1C(=O)N1CCOC2(COCCN(C(C)C)C2)C1.O=C(O)C(F)(F)F. The maximum atomic E-state index is 12.9. The lowest BCUT2D eigenvalue weighted by molar-refractivity contribution is -0.192. The highest BCUT2D eigenvalue weighted by atomic mass is 19.4. The van der Waals surface area contributed by atoms with Crippen LogP contribution in [0.5, 0.6) is 0 Å². The van der Waals surface area contributed by atoms with E-state index in [1.165, 1.54) is 0 Å². The lowest BCUT2D eigenvalue weighted by Crippen LogP contribution is -2.60. The molecule has 1 N–H and O–H groups in total. The predicted octanol–water partition coefficient (Wildman–Crippen LogP) is 1.88. The summed E-state index contributed by atoms with van der Waals surface area (Å²) in [5.41, 5.74) is 0.745. The lowest BCUT2D eigenvalue weighted by Gasteiger charge is -2.44. The number of hydrogen-bond donors (Lipinski definition) is 1. The fourth-order valence-corrected chi connectivity index (χ4v) is 3.52. The van der Waals surface area contributed by atoms with Gasteiger partial charge in [-0.1, -0.05) is 5.16 Å². The summed E-state index contributed by atoms with van der Waals surface area (Å²) in [5.74, 6) is -2.22. The number of rotatable bonds is 2. The molecule has 0 radical (unpaired) electrons. The molecule has 3 rings (SSSR count). The molecule has 1 spiro atoms. The average molecular weight is 451 g/mol. The van der Waals surface area contributed by atoms with Gasteiger partial charge in [-0.25, -0.2) is 4.79 Å². The normalized spacial score (nSPS) is 22.8. The fraction of sp³-hybridized carbons (Fsp3) is 0.737. The molecule has 1 unspecified atom stereocenters. The van der Waals surface area contributed by atoms with Crippen LogP contribution in [-0.2, 0) is 14.3 Å². The molecular formula is C19H28F3N3O6. The third-order valence-corrected chi connectivity index (χ3v) is 5.13. The van der Waals surface area contributed by atoms with E-state index in [0.29, 0.717) is 56.0 Å². The zero-order valence-electron chi connectivity index (χ0n) is 18.0. The Hall–Kier alpha value is -2.18. The molecule has 0 aromatic carbocycles. The molecule has 0 bridgehead atoms. The predicted molar refractivity (Wildman–Crippen MR) is 102 cm³/mol. The second-order valence-electron chi connectivity index (χ2n) is 7.88. The van der Waals surface area contributed by atoms with E-state index in [1.54, 1.807) is 13.8 Å². The van der Waals surface area contributed by atoms with Gasteiger partial charge in [-0.05, 0) is 27.7 Å². The number of morpholine rings is 1. The number of carbonyl (C=O) groups is 2. The van der Waals surface area contributed by atoms with E-state index in [4.69, 9.17) is 23.9 Å². The van der Waals surface area contributed by atoms with Crippen LogP contribution in [0.3, 0.4) is 0 Å². The minimum Gasteiger partial charge on any atom is -0.475 e. The molecule has 12 heteroatoms. The number of carboxylic acid groups (broad SMARTS) is 1. The van der Waals surface area contributed by atoms with Gasteiger partial charge in [0.25, 0.3) is 5.91 Å². The van der Waals surface area contributed by atoms with Crippen LogP contribution in [0.4, 0.5) is 13.2 Å². The highest BCUT2D eigenvalue weighted by molar-refractivity contribution is 5.96. The summed E-state index contributed by atoms with van der Waals surface area (Å²) in [6.45, 7) is 12.4. The molecule has 176 valence electrons. The third-order valence-electron chi connectivity index (χ3n) is 5.13. The van der Waals surface area contributed by atoms with Gasteiger partial charge in [0.05, 0.1) is 32.1 Å². The van der Waals surface area contributed by atoms with Gasteiger partial charge in [0.2, 0.25) is 0 Å². The second-order valence-corrected chi connectivity index (χ2v) is 7.88. The van der Waals surface area contributed by atoms with Crippen LogP contribution in [0.2, 0.25) is 0 Å². The van der Waals surface area contributed by atoms with Gasteiger partial charge in [0.1, 0.15) is 16.9 Å². The quantitative estimate of drug-likeness (QED) is 0.727. The molecule has 2 saturated heterocycles. The number of aliphatic carboxylic acids is 1. The Morgan fingerprint density at radius 3 is 2.32 bits per heavy atom. The van der Waals surface area contributed by atoms with Gasteiger partial charge in [0, 0.05) is 25.7 Å². The minimum absolute atomic E-state index is 0.0331. The Labute approximate surface area is 178 Å². The van der Waals surface area contributed by atoms with Crippen LogP contribution in [0.1, 0.15) is 35.7 Å². The number of nitrogens with zero attached hydrogens (tertiary/aromatic N) is 3. The summed E-state index contributed by atoms with van der Waals surface area (Å²) in [7, 11) is 0. The average Bonchev–Trinajstić information content (AvgIpc) is 2.88. The molecular weight excluding hydrogens is 423 g/mol. The van der Waals surface area contributed by atoms with Crippen molar-refractivity contribution < 1.29 is 41.9 Å². The molecule has 3 heterocycles. The molecule has 1 atom stereocenters. The minimum atomic E-state index is -5.08. The number of amides is 1. The monoisotopic (exact) mass is 451 g/mol. The first-order valence-electron chi connectivity index (χ1n) is 9.84. The maximum Gasteiger partial charge on any atom is 0.490 e. The molecule has 1 aromatic heterocycles. The van der Waals surface area contributed by atoms with Crippen molar-refractivity contribution in [3.8, 4) is 0 Å². The lowest BCUT2D eigenvalue weighted by atomic mass is 10.00. The Balaban J connectivity index is 0.000000423. The molecule has 1 amide bonds. The summed E-state index contributed by atoms with van der Waals surface area (Å²) in [4.78, 5) is 26.1. The van der Waals surface area contributed by atoms with Gasteiger partial charge in [-0.15, -0.1) is 0 Å². The van der Waals surface area contributed by atoms with Gasteiger partial charge in [0.15, 0.2) is 0 Å². The van der Waals surface area contributed by atoms with Crippen LogP contribution in [0, 0.1) is 13.8 Å². The van der Waals surface area contributed by atoms with Gasteiger partial charge in [-0.3, -0.25) is 9.69 Å². The first-order chi connectivity index (χ1) is 14.4. The van der Waals surface area contributed by atoms with Crippen molar-refractivity contribution in [3.63, 3.8) is 0 Å². The maximum absolute atomic E-state index is 12.9. The zero-order chi connectivity index (χ0) is 23.4. The number of aryl methyl sites for hydroxylation is 2. The Kier molecular flexibility index (Phi) is 8.06. The van der Waals surface area contributed by atoms with Crippen molar-refractivity contribution in [1.82, 2.24) is 15.0 Å². The molecule has 0 saturated carbocycles. The largest absolute Gasteiger partial charge is 0.490 e. The van der Waals surface area contributed by atoms with Gasteiger partial charge < -0.3 is 24.0 Å². The summed E-state index contributed by atoms with van der Waals surface area (Å²) < 4.78 is 48.8. The Morgan fingerprint density at radius 2 is 1.81 bits per heavy atom. The van der Waals surface area contributed by atoms with E-state index in [2.05, 4.69) is 23.9 Å². The van der Waals surface area contributed by atoms with E-state index in [-0.39, 0.29) is 5.91 Å². The van der Waals surface area contributed by atoms with Crippen LogP contribution in [0.25, 0.3) is 0 Å². The number of aromatic nitrogens is 1. The van der Waals surface area contributed by atoms with Crippen molar-refractivity contribution in [2.45, 2.75) is 45.5 Å². The summed E-state index contributed by atoms with van der Waals surface area (Å²) in [6.07, 6.45) is -5.08. The van der Waals surface area contributed by atoms with Crippen molar-refractivity contribution in [1.29, 1.82) is 0 Å². The topological polar surface area (TPSA) is 105 Å². The van der Waals surface area contributed by atoms with E-state index in [0.717, 1.165) is 13.1 Å². The zero-order valence-corrected chi connectivity index (χ0v) is 18.0. The van der Waals surface area contributed by atoms with Gasteiger partial charge in [-0.2, -0.15) is 13.2 Å². The molecule has 31 heavy (non-hydrogen) atoms. The van der Waals surface area contributed by atoms with Gasteiger partial charge >= 0.3 is 12.1 Å². The van der Waals surface area contributed by atoms with E-state index >= 15 is 0 Å². The number of carbonyl (C=O) groups excluding carboxylic acids is 1. The number of alkyl halides is 3. The summed E-state index contributed by atoms with van der Waals surface area (Å²) >= 11 is 0. The van der Waals surface area contributed by atoms with Crippen molar-refractivity contribution >= 4 is 11.9 Å². The smallest absolute Gasteiger partial charge is 0.475 e. The highest BCUT2D eigenvalue weighted by Gasteiger charge is 2.42. The molecule has 2 fully saturated rings. The van der Waals surface area contributed by atoms with Crippen molar-refractivity contribution in [2.75, 3.05) is 46.0 Å². The molecule has 2 aliphatic heterocycles. The number of carboxylic acids is 1. The van der Waals surface area contributed by atoms with E-state index in [9.17, 15) is 18.0 Å². The highest BCUT2D eigenvalue weighted by Crippen LogP contribution is 2.26. The standard InChI is InChI=1S/C17H27N3O4.C2HF3O2/c1-12(2)19-5-7-22-11-17(9-19)10-20(6-8-23-17)16(21)15-13(3)18-24-14(15)4;3-2(4,5)1(6)7/h12H,5-11H2,1-4H3;(H,6,7). The first kappa shape index (κ1) is 25.1. The molecule has 0 aliphatic carbocycles. The molecule has 2 aliphatic rings. The first-order valence-corrected chi connectivity index (χ1v) is 9.84. The van der Waals surface area contributed by atoms with Crippen LogP contribution >= 0.6 is 0 Å². The number of halogens is 3.